The van der Waals surface area contributed by atoms with Gasteiger partial charge in [0.05, 0.1) is 5.56 Å². The summed E-state index contributed by atoms with van der Waals surface area (Å²) in [7, 11) is 0. The summed E-state index contributed by atoms with van der Waals surface area (Å²) >= 11 is 5.53. The van der Waals surface area contributed by atoms with Gasteiger partial charge in [-0.25, -0.2) is 0 Å². The van der Waals surface area contributed by atoms with Crippen LogP contribution in [-0.4, -0.2) is 37.3 Å². The van der Waals surface area contributed by atoms with Crippen molar-refractivity contribution >= 4 is 34.8 Å². The molecule has 1 saturated heterocycles. The molecule has 6 heteroatoms. The lowest BCUT2D eigenvalue weighted by Gasteiger charge is -2.30. The fourth-order valence-corrected chi connectivity index (χ4v) is 2.80. The molecule has 0 spiro atoms. The monoisotopic (exact) mass is 337 g/mol. The van der Waals surface area contributed by atoms with Crippen LogP contribution in [0.3, 0.4) is 0 Å². The van der Waals surface area contributed by atoms with Crippen LogP contribution in [0.4, 0.5) is 11.4 Å². The Balaban J connectivity index is 2.27. The molecule has 0 unspecified atom stereocenters. The maximum atomic E-state index is 12.5. The number of benzene rings is 1. The van der Waals surface area contributed by atoms with E-state index >= 15 is 0 Å². The molecule has 5 nitrogen and oxygen atoms in total. The van der Waals surface area contributed by atoms with Crippen LogP contribution in [0.15, 0.2) is 18.2 Å². The first-order valence-corrected chi connectivity index (χ1v) is 8.72. The molecule has 1 fully saturated rings. The van der Waals surface area contributed by atoms with Gasteiger partial charge in [0, 0.05) is 31.0 Å². The number of hydrogen-bond acceptors (Lipinski definition) is 3. The van der Waals surface area contributed by atoms with Crippen LogP contribution in [0.2, 0.25) is 0 Å². The molecule has 2 amide bonds. The van der Waals surface area contributed by atoms with E-state index in [1.165, 1.54) is 6.42 Å². The van der Waals surface area contributed by atoms with Crippen LogP contribution < -0.4 is 15.5 Å². The summed E-state index contributed by atoms with van der Waals surface area (Å²) in [6, 6.07) is 5.47. The minimum Gasteiger partial charge on any atom is -0.371 e. The van der Waals surface area contributed by atoms with Crippen molar-refractivity contribution < 1.29 is 9.59 Å². The first kappa shape index (κ1) is 17.6. The average molecular weight is 338 g/mol. The molecule has 0 radical (unpaired) electrons. The first-order chi connectivity index (χ1) is 11.2. The van der Waals surface area contributed by atoms with E-state index < -0.39 is 0 Å². The Labute approximate surface area is 142 Å². The van der Waals surface area contributed by atoms with Gasteiger partial charge in [0.2, 0.25) is 5.91 Å². The first-order valence-electron chi connectivity index (χ1n) is 8.18. The van der Waals surface area contributed by atoms with Crippen LogP contribution in [0.25, 0.3) is 0 Å². The zero-order valence-corrected chi connectivity index (χ0v) is 14.3. The highest BCUT2D eigenvalue weighted by molar-refractivity contribution is 6.29. The number of alkyl halides is 1. The Bertz CT molecular complexity index is 557. The van der Waals surface area contributed by atoms with Gasteiger partial charge < -0.3 is 15.5 Å². The van der Waals surface area contributed by atoms with Crippen LogP contribution in [0.1, 0.15) is 43.0 Å². The molecule has 0 bridgehead atoms. The minimum atomic E-state index is -0.280. The van der Waals surface area contributed by atoms with Gasteiger partial charge in [0.25, 0.3) is 5.91 Å². The van der Waals surface area contributed by atoms with Gasteiger partial charge in [-0.2, -0.15) is 0 Å². The fourth-order valence-electron chi connectivity index (χ4n) is 2.73. The predicted octanol–water partition coefficient (Wildman–Crippen LogP) is 2.99. The van der Waals surface area contributed by atoms with Gasteiger partial charge in [-0.15, -0.1) is 11.6 Å². The standard InChI is InChI=1S/C17H24ClN3O2/c1-2-8-19-17(23)14-11-13(20-16(22)12-18)6-7-15(14)21-9-4-3-5-10-21/h6-7,11H,2-5,8-10,12H2,1H3,(H,19,23)(H,20,22). The zero-order chi connectivity index (χ0) is 16.7. The maximum absolute atomic E-state index is 12.5. The van der Waals surface area contributed by atoms with Crippen molar-refractivity contribution in [2.45, 2.75) is 32.6 Å². The minimum absolute atomic E-state index is 0.102. The molecule has 23 heavy (non-hydrogen) atoms. The summed E-state index contributed by atoms with van der Waals surface area (Å²) in [6.07, 6.45) is 4.40. The maximum Gasteiger partial charge on any atom is 0.253 e. The van der Waals surface area contributed by atoms with E-state index in [1.54, 1.807) is 6.07 Å². The third kappa shape index (κ3) is 4.86. The van der Waals surface area contributed by atoms with E-state index in [1.807, 2.05) is 19.1 Å². The van der Waals surface area contributed by atoms with E-state index in [0.717, 1.165) is 38.0 Å². The highest BCUT2D eigenvalue weighted by atomic mass is 35.5. The average Bonchev–Trinajstić information content (AvgIpc) is 2.60. The molecule has 126 valence electrons. The van der Waals surface area contributed by atoms with Crippen molar-refractivity contribution in [1.82, 2.24) is 5.32 Å². The molecule has 2 N–H and O–H groups in total. The molecule has 0 aliphatic carbocycles. The summed E-state index contributed by atoms with van der Waals surface area (Å²) in [5, 5.41) is 5.62. The van der Waals surface area contributed by atoms with Gasteiger partial charge in [0.15, 0.2) is 0 Å². The highest BCUT2D eigenvalue weighted by Crippen LogP contribution is 2.27. The van der Waals surface area contributed by atoms with E-state index in [9.17, 15) is 9.59 Å². The van der Waals surface area contributed by atoms with E-state index in [2.05, 4.69) is 15.5 Å². The van der Waals surface area contributed by atoms with Gasteiger partial charge in [0.1, 0.15) is 5.88 Å². The van der Waals surface area contributed by atoms with Crippen LogP contribution in [-0.2, 0) is 4.79 Å². The smallest absolute Gasteiger partial charge is 0.253 e. The number of carbonyl (C=O) groups is 2. The lowest BCUT2D eigenvalue weighted by molar-refractivity contribution is -0.113. The summed E-state index contributed by atoms with van der Waals surface area (Å²) in [5.41, 5.74) is 2.13. The Morgan fingerprint density at radius 2 is 1.96 bits per heavy atom. The summed E-state index contributed by atoms with van der Waals surface area (Å²) in [6.45, 7) is 4.57. The van der Waals surface area contributed by atoms with E-state index in [-0.39, 0.29) is 17.7 Å². The molecule has 0 saturated carbocycles. The van der Waals surface area contributed by atoms with Crippen molar-refractivity contribution in [3.8, 4) is 0 Å². The van der Waals surface area contributed by atoms with Gasteiger partial charge in [-0.1, -0.05) is 6.92 Å². The van der Waals surface area contributed by atoms with Crippen molar-refractivity contribution in [1.29, 1.82) is 0 Å². The number of nitrogens with zero attached hydrogens (tertiary/aromatic N) is 1. The second-order valence-electron chi connectivity index (χ2n) is 5.72. The fraction of sp³-hybridized carbons (Fsp3) is 0.529. The molecule has 1 heterocycles. The van der Waals surface area contributed by atoms with E-state index in [0.29, 0.717) is 17.8 Å². The quantitative estimate of drug-likeness (QED) is 0.784. The molecular weight excluding hydrogens is 314 g/mol. The third-order valence-corrected chi connectivity index (χ3v) is 4.12. The zero-order valence-electron chi connectivity index (χ0n) is 13.5. The number of nitrogens with one attached hydrogen (secondary N) is 2. The Morgan fingerprint density at radius 3 is 2.61 bits per heavy atom. The van der Waals surface area contributed by atoms with Crippen LogP contribution in [0, 0.1) is 0 Å². The molecular formula is C17H24ClN3O2. The normalized spacial score (nSPS) is 14.4. The summed E-state index contributed by atoms with van der Waals surface area (Å²) in [5.74, 6) is -0.489. The number of piperidine rings is 1. The Kier molecular flexibility index (Phi) is 6.71. The lowest BCUT2D eigenvalue weighted by atomic mass is 10.1. The third-order valence-electron chi connectivity index (χ3n) is 3.88. The predicted molar refractivity (Wildman–Crippen MR) is 94.5 cm³/mol. The number of amides is 2. The molecule has 2 rings (SSSR count). The lowest BCUT2D eigenvalue weighted by Crippen LogP contribution is -2.33. The molecule has 1 aliphatic rings. The number of rotatable bonds is 6. The van der Waals surface area contributed by atoms with E-state index in [4.69, 9.17) is 11.6 Å². The largest absolute Gasteiger partial charge is 0.371 e. The van der Waals surface area contributed by atoms with Crippen LogP contribution >= 0.6 is 11.6 Å². The Morgan fingerprint density at radius 1 is 1.22 bits per heavy atom. The van der Waals surface area contributed by atoms with Gasteiger partial charge >= 0.3 is 0 Å². The van der Waals surface area contributed by atoms with Crippen molar-refractivity contribution in [2.75, 3.05) is 35.7 Å². The topological polar surface area (TPSA) is 61.4 Å². The Hall–Kier alpha value is -1.75. The molecule has 0 atom stereocenters. The summed E-state index contributed by atoms with van der Waals surface area (Å²) in [4.78, 5) is 26.2. The van der Waals surface area contributed by atoms with Crippen LogP contribution in [0.5, 0.6) is 0 Å². The second-order valence-corrected chi connectivity index (χ2v) is 5.98. The van der Waals surface area contributed by atoms with Crippen molar-refractivity contribution in [3.63, 3.8) is 0 Å². The SMILES string of the molecule is CCCNC(=O)c1cc(NC(=O)CCl)ccc1N1CCCCC1. The highest BCUT2D eigenvalue weighted by Gasteiger charge is 2.19. The second kappa shape index (κ2) is 8.77. The molecule has 1 aromatic rings. The summed E-state index contributed by atoms with van der Waals surface area (Å²) < 4.78 is 0. The van der Waals surface area contributed by atoms with Gasteiger partial charge in [-0.3, -0.25) is 9.59 Å². The number of halogens is 1. The van der Waals surface area contributed by atoms with Gasteiger partial charge in [-0.05, 0) is 43.9 Å². The number of hydrogen-bond donors (Lipinski definition) is 2. The molecule has 1 aromatic carbocycles. The molecule has 0 aromatic heterocycles. The molecule has 1 aliphatic heterocycles. The van der Waals surface area contributed by atoms with Crippen molar-refractivity contribution in [3.05, 3.63) is 23.8 Å². The van der Waals surface area contributed by atoms with Crippen molar-refractivity contribution in [2.24, 2.45) is 0 Å². The number of carbonyl (C=O) groups excluding carboxylic acids is 2. The number of anilines is 2.